The fourth-order valence-corrected chi connectivity index (χ4v) is 4.41. The summed E-state index contributed by atoms with van der Waals surface area (Å²) in [7, 11) is 4.65. The first-order valence-corrected chi connectivity index (χ1v) is 11.8. The van der Waals surface area contributed by atoms with E-state index in [2.05, 4.69) is 20.6 Å². The predicted octanol–water partition coefficient (Wildman–Crippen LogP) is 3.53. The van der Waals surface area contributed by atoms with Crippen LogP contribution >= 0.6 is 0 Å². The molecule has 2 unspecified atom stereocenters. The molecule has 0 spiro atoms. The van der Waals surface area contributed by atoms with Gasteiger partial charge in [0, 0.05) is 55.5 Å². The number of alkyl halides is 3. The van der Waals surface area contributed by atoms with Gasteiger partial charge in [0.1, 0.15) is 17.5 Å². The van der Waals surface area contributed by atoms with Gasteiger partial charge in [0.25, 0.3) is 5.91 Å². The van der Waals surface area contributed by atoms with Crippen LogP contribution in [0.2, 0.25) is 0 Å². The number of benzene rings is 1. The van der Waals surface area contributed by atoms with E-state index in [1.165, 1.54) is 19.4 Å². The molecule has 1 aliphatic carbocycles. The zero-order chi connectivity index (χ0) is 27.5. The van der Waals surface area contributed by atoms with Crippen LogP contribution in [0.1, 0.15) is 52.5 Å². The van der Waals surface area contributed by atoms with Gasteiger partial charge in [-0.1, -0.05) is 0 Å². The molecule has 1 aromatic heterocycles. The number of hydrogen-bond donors (Lipinski definition) is 2. The molecule has 2 N–H and O–H groups in total. The molecule has 37 heavy (non-hydrogen) atoms. The van der Waals surface area contributed by atoms with Crippen molar-refractivity contribution < 1.29 is 31.5 Å². The third kappa shape index (κ3) is 6.41. The fourth-order valence-electron chi connectivity index (χ4n) is 4.41. The van der Waals surface area contributed by atoms with Gasteiger partial charge in [0.15, 0.2) is 0 Å². The zero-order valence-corrected chi connectivity index (χ0v) is 21.0. The molecule has 3 rings (SSSR count). The van der Waals surface area contributed by atoms with Crippen molar-refractivity contribution in [2.45, 2.75) is 50.7 Å². The fraction of sp³-hybridized carbons (Fsp3) is 0.520. The summed E-state index contributed by atoms with van der Waals surface area (Å²) in [6.07, 6.45) is -2.60. The highest BCUT2D eigenvalue weighted by molar-refractivity contribution is 5.94. The Bertz CT molecular complexity index is 1110. The summed E-state index contributed by atoms with van der Waals surface area (Å²) in [6.45, 7) is 1.55. The van der Waals surface area contributed by atoms with Gasteiger partial charge >= 0.3 is 6.18 Å². The lowest BCUT2D eigenvalue weighted by atomic mass is 9.81. The molecule has 2 atom stereocenters. The second kappa shape index (κ2) is 11.1. The summed E-state index contributed by atoms with van der Waals surface area (Å²) < 4.78 is 71.0. The average Bonchev–Trinajstić information content (AvgIpc) is 3.63. The van der Waals surface area contributed by atoms with Crippen LogP contribution in [0, 0.1) is 24.0 Å². The van der Waals surface area contributed by atoms with Gasteiger partial charge in [-0.2, -0.15) is 13.2 Å². The third-order valence-electron chi connectivity index (χ3n) is 6.95. The summed E-state index contributed by atoms with van der Waals surface area (Å²) in [5, 5.41) is 4.92. The van der Waals surface area contributed by atoms with Crippen molar-refractivity contribution in [3.63, 3.8) is 0 Å². The Kier molecular flexibility index (Phi) is 8.51. The van der Waals surface area contributed by atoms with E-state index >= 15 is 0 Å². The Balaban J connectivity index is 1.73. The number of nitrogens with zero attached hydrogens (tertiary/aromatic N) is 3. The zero-order valence-electron chi connectivity index (χ0n) is 21.0. The van der Waals surface area contributed by atoms with E-state index in [1.54, 1.807) is 25.9 Å². The molecule has 0 saturated heterocycles. The second-order valence-electron chi connectivity index (χ2n) is 9.60. The number of nitrogens with one attached hydrogen (secondary N) is 2. The van der Waals surface area contributed by atoms with Gasteiger partial charge in [0.05, 0.1) is 5.41 Å². The second-order valence-corrected chi connectivity index (χ2v) is 9.60. The number of aromatic nitrogens is 2. The Hall–Kier alpha value is -3.15. The van der Waals surface area contributed by atoms with Crippen LogP contribution in [-0.4, -0.2) is 66.6 Å². The first-order valence-electron chi connectivity index (χ1n) is 11.8. The van der Waals surface area contributed by atoms with E-state index in [0.717, 1.165) is 12.1 Å². The van der Waals surface area contributed by atoms with Crippen molar-refractivity contribution in [2.24, 2.45) is 5.41 Å². The summed E-state index contributed by atoms with van der Waals surface area (Å²) in [5.41, 5.74) is -2.20. The summed E-state index contributed by atoms with van der Waals surface area (Å²) in [5.74, 6) is -3.82. The lowest BCUT2D eigenvalue weighted by Gasteiger charge is -2.29. The van der Waals surface area contributed by atoms with Gasteiger partial charge in [-0.3, -0.25) is 9.59 Å². The lowest BCUT2D eigenvalue weighted by Crippen LogP contribution is -2.43. The topological polar surface area (TPSA) is 87.2 Å². The first-order chi connectivity index (χ1) is 17.3. The molecule has 1 saturated carbocycles. The van der Waals surface area contributed by atoms with Crippen LogP contribution in [0.4, 0.5) is 22.0 Å². The standard InChI is InChI=1S/C25H30F5N5O2/c1-14-32-11-16(12-33-14)19(24(5-6-24)25(28,29)30)10-22(36)34-13-17(35(3)4)9-18-20(26)7-15(8-21(18)27)23(37)31-2/h7-8,11-12,17,19H,5-6,9-10,13H2,1-4H3,(H,31,37)(H,34,36). The van der Waals surface area contributed by atoms with Gasteiger partial charge in [-0.05, 0) is 58.0 Å². The number of likely N-dealkylation sites (N-methyl/N-ethyl adjacent to an activating group) is 1. The van der Waals surface area contributed by atoms with Crippen LogP contribution in [0.3, 0.4) is 0 Å². The van der Waals surface area contributed by atoms with Crippen molar-refractivity contribution in [3.8, 4) is 0 Å². The number of halogens is 5. The number of amides is 2. The van der Waals surface area contributed by atoms with Crippen LogP contribution in [-0.2, 0) is 11.2 Å². The lowest BCUT2D eigenvalue weighted by molar-refractivity contribution is -0.194. The van der Waals surface area contributed by atoms with Crippen molar-refractivity contribution in [2.75, 3.05) is 27.7 Å². The molecule has 1 fully saturated rings. The molecule has 0 bridgehead atoms. The third-order valence-corrected chi connectivity index (χ3v) is 6.95. The summed E-state index contributed by atoms with van der Waals surface area (Å²) in [6, 6.07) is 1.30. The number of rotatable bonds is 10. The predicted molar refractivity (Wildman–Crippen MR) is 126 cm³/mol. The molecule has 12 heteroatoms. The molecule has 2 aromatic rings. The first kappa shape index (κ1) is 28.4. The van der Waals surface area contributed by atoms with Gasteiger partial charge in [-0.15, -0.1) is 0 Å². The number of carbonyl (C=O) groups excluding carboxylic acids is 2. The average molecular weight is 528 g/mol. The molecular formula is C25H30F5N5O2. The molecular weight excluding hydrogens is 497 g/mol. The summed E-state index contributed by atoms with van der Waals surface area (Å²) >= 11 is 0. The highest BCUT2D eigenvalue weighted by Gasteiger charge is 2.67. The molecule has 0 radical (unpaired) electrons. The van der Waals surface area contributed by atoms with Crippen molar-refractivity contribution in [1.29, 1.82) is 0 Å². The SMILES string of the molecule is CNC(=O)c1cc(F)c(CC(CNC(=O)CC(c2cnc(C)nc2)C2(C(F)(F)F)CC2)N(C)C)c(F)c1. The van der Waals surface area contributed by atoms with E-state index in [-0.39, 0.29) is 42.5 Å². The van der Waals surface area contributed by atoms with Crippen LogP contribution in [0.5, 0.6) is 0 Å². The molecule has 1 aliphatic rings. The van der Waals surface area contributed by atoms with Crippen molar-refractivity contribution in [3.05, 3.63) is 58.7 Å². The smallest absolute Gasteiger partial charge is 0.355 e. The monoisotopic (exact) mass is 527 g/mol. The quantitative estimate of drug-likeness (QED) is 0.462. The van der Waals surface area contributed by atoms with E-state index in [4.69, 9.17) is 0 Å². The molecule has 1 aromatic carbocycles. The molecule has 0 aliphatic heterocycles. The minimum absolute atomic E-state index is 0.0575. The minimum atomic E-state index is -4.50. The van der Waals surface area contributed by atoms with E-state index in [9.17, 15) is 31.5 Å². The maximum Gasteiger partial charge on any atom is 0.395 e. The van der Waals surface area contributed by atoms with Gasteiger partial charge < -0.3 is 15.5 Å². The highest BCUT2D eigenvalue weighted by Crippen LogP contribution is 2.66. The molecule has 1 heterocycles. The largest absolute Gasteiger partial charge is 0.395 e. The Morgan fingerprint density at radius 3 is 2.14 bits per heavy atom. The molecule has 7 nitrogen and oxygen atoms in total. The minimum Gasteiger partial charge on any atom is -0.355 e. The number of carbonyl (C=O) groups is 2. The van der Waals surface area contributed by atoms with E-state index < -0.39 is 53.4 Å². The Morgan fingerprint density at radius 1 is 1.11 bits per heavy atom. The van der Waals surface area contributed by atoms with Gasteiger partial charge in [-0.25, -0.2) is 18.7 Å². The maximum absolute atomic E-state index is 14.6. The molecule has 202 valence electrons. The highest BCUT2D eigenvalue weighted by atomic mass is 19.4. The summed E-state index contributed by atoms with van der Waals surface area (Å²) in [4.78, 5) is 34.2. The van der Waals surface area contributed by atoms with Crippen LogP contribution in [0.25, 0.3) is 0 Å². The molecule has 2 amide bonds. The van der Waals surface area contributed by atoms with Gasteiger partial charge in [0.2, 0.25) is 5.91 Å². The van der Waals surface area contributed by atoms with Crippen molar-refractivity contribution in [1.82, 2.24) is 25.5 Å². The van der Waals surface area contributed by atoms with Crippen molar-refractivity contribution >= 4 is 11.8 Å². The number of aryl methyl sites for hydroxylation is 1. The van der Waals surface area contributed by atoms with E-state index in [0.29, 0.717) is 5.82 Å². The van der Waals surface area contributed by atoms with Crippen LogP contribution in [0.15, 0.2) is 24.5 Å². The maximum atomic E-state index is 14.6. The van der Waals surface area contributed by atoms with E-state index in [1.807, 2.05) is 0 Å². The number of hydrogen-bond acceptors (Lipinski definition) is 5. The normalized spacial score (nSPS) is 16.3. The Labute approximate surface area is 211 Å². The van der Waals surface area contributed by atoms with Crippen LogP contribution < -0.4 is 10.6 Å². The Morgan fingerprint density at radius 2 is 1.68 bits per heavy atom.